The van der Waals surface area contributed by atoms with Crippen molar-refractivity contribution in [3.63, 3.8) is 0 Å². The van der Waals surface area contributed by atoms with Crippen LogP contribution in [0.2, 0.25) is 0 Å². The lowest BCUT2D eigenvalue weighted by Gasteiger charge is -2.31. The molecule has 0 aromatic heterocycles. The van der Waals surface area contributed by atoms with E-state index in [0.717, 1.165) is 11.1 Å². The van der Waals surface area contributed by atoms with Gasteiger partial charge < -0.3 is 15.3 Å². The Morgan fingerprint density at radius 1 is 0.975 bits per heavy atom. The summed E-state index contributed by atoms with van der Waals surface area (Å²) in [5, 5.41) is 12.0. The SMILES string of the molecule is CC(C)C[C@@H](C(=O)O)N1Cc2ccccc2C[C@H](NC(=O)C(S)CCCCN2C(=O)c3ccccc3C2=O)C1=O. The summed E-state index contributed by atoms with van der Waals surface area (Å²) < 4.78 is 0. The average molecular weight is 566 g/mol. The van der Waals surface area contributed by atoms with Gasteiger partial charge in [-0.05, 0) is 48.4 Å². The lowest BCUT2D eigenvalue weighted by atomic mass is 10.0. The number of hydrogen-bond donors (Lipinski definition) is 3. The number of benzene rings is 2. The number of carboxylic acids is 1. The molecule has 0 saturated heterocycles. The van der Waals surface area contributed by atoms with Gasteiger partial charge in [-0.1, -0.05) is 56.7 Å². The van der Waals surface area contributed by atoms with Gasteiger partial charge in [0.2, 0.25) is 11.8 Å². The molecule has 2 aliphatic rings. The predicted octanol–water partition coefficient (Wildman–Crippen LogP) is 3.32. The second kappa shape index (κ2) is 12.7. The van der Waals surface area contributed by atoms with Crippen LogP contribution < -0.4 is 5.32 Å². The smallest absolute Gasteiger partial charge is 0.326 e. The van der Waals surface area contributed by atoms with Crippen molar-refractivity contribution in [1.82, 2.24) is 15.1 Å². The Morgan fingerprint density at radius 3 is 2.17 bits per heavy atom. The van der Waals surface area contributed by atoms with Crippen molar-refractivity contribution < 1.29 is 29.1 Å². The van der Waals surface area contributed by atoms with Crippen LogP contribution in [0, 0.1) is 5.92 Å². The molecule has 3 atom stereocenters. The number of unbranched alkanes of at least 4 members (excludes halogenated alkanes) is 1. The van der Waals surface area contributed by atoms with Gasteiger partial charge in [0.05, 0.1) is 16.4 Å². The quantitative estimate of drug-likeness (QED) is 0.218. The van der Waals surface area contributed by atoms with E-state index in [1.54, 1.807) is 24.3 Å². The highest BCUT2D eigenvalue weighted by molar-refractivity contribution is 7.81. The zero-order valence-corrected chi connectivity index (χ0v) is 23.6. The number of amides is 4. The fourth-order valence-corrected chi connectivity index (χ4v) is 5.57. The molecular formula is C30H35N3O6S. The summed E-state index contributed by atoms with van der Waals surface area (Å²) in [7, 11) is 0. The lowest BCUT2D eigenvalue weighted by Crippen LogP contribution is -2.54. The molecule has 2 heterocycles. The molecule has 0 bridgehead atoms. The van der Waals surface area contributed by atoms with Gasteiger partial charge in [0, 0.05) is 19.5 Å². The van der Waals surface area contributed by atoms with Gasteiger partial charge in [-0.25, -0.2) is 4.79 Å². The van der Waals surface area contributed by atoms with Crippen LogP contribution in [-0.4, -0.2) is 68.4 Å². The summed E-state index contributed by atoms with van der Waals surface area (Å²) in [6, 6.07) is 12.3. The van der Waals surface area contributed by atoms with E-state index in [-0.39, 0.29) is 37.2 Å². The van der Waals surface area contributed by atoms with E-state index in [9.17, 15) is 29.1 Å². The monoisotopic (exact) mass is 565 g/mol. The van der Waals surface area contributed by atoms with Crippen molar-refractivity contribution in [1.29, 1.82) is 0 Å². The Labute approximate surface area is 239 Å². The number of aliphatic carboxylic acids is 1. The maximum atomic E-state index is 13.6. The largest absolute Gasteiger partial charge is 0.480 e. The van der Waals surface area contributed by atoms with Crippen molar-refractivity contribution in [3.05, 3.63) is 70.8 Å². The molecule has 2 aliphatic heterocycles. The first-order chi connectivity index (χ1) is 19.1. The van der Waals surface area contributed by atoms with Gasteiger partial charge in [-0.3, -0.25) is 24.1 Å². The molecule has 2 aromatic rings. The van der Waals surface area contributed by atoms with Crippen LogP contribution in [0.5, 0.6) is 0 Å². The van der Waals surface area contributed by atoms with E-state index in [0.29, 0.717) is 36.8 Å². The number of hydrogen-bond acceptors (Lipinski definition) is 6. The number of carbonyl (C=O) groups excluding carboxylic acids is 4. The van der Waals surface area contributed by atoms with Crippen LogP contribution in [0.1, 0.15) is 71.4 Å². The molecule has 40 heavy (non-hydrogen) atoms. The van der Waals surface area contributed by atoms with E-state index in [1.165, 1.54) is 9.80 Å². The molecule has 0 saturated carbocycles. The number of carboxylic acid groups (broad SMARTS) is 1. The molecule has 2 N–H and O–H groups in total. The minimum atomic E-state index is -1.07. The highest BCUT2D eigenvalue weighted by atomic mass is 32.1. The summed E-state index contributed by atoms with van der Waals surface area (Å²) >= 11 is 4.46. The van der Waals surface area contributed by atoms with Crippen molar-refractivity contribution in [2.24, 2.45) is 5.92 Å². The fourth-order valence-electron chi connectivity index (χ4n) is 5.31. The van der Waals surface area contributed by atoms with Crippen molar-refractivity contribution >= 4 is 42.2 Å². The van der Waals surface area contributed by atoms with Crippen LogP contribution in [-0.2, 0) is 27.3 Å². The van der Waals surface area contributed by atoms with Crippen molar-refractivity contribution in [3.8, 4) is 0 Å². The lowest BCUT2D eigenvalue weighted by molar-refractivity contribution is -0.152. The van der Waals surface area contributed by atoms with Crippen LogP contribution in [0.3, 0.4) is 0 Å². The average Bonchev–Trinajstić information content (AvgIpc) is 3.07. The molecule has 1 unspecified atom stereocenters. The second-order valence-electron chi connectivity index (χ2n) is 10.8. The summed E-state index contributed by atoms with van der Waals surface area (Å²) in [5.41, 5.74) is 2.55. The van der Waals surface area contributed by atoms with Gasteiger partial charge in [0.15, 0.2) is 0 Å². The summed E-state index contributed by atoms with van der Waals surface area (Å²) in [4.78, 5) is 66.5. The Bertz CT molecular complexity index is 1280. The van der Waals surface area contributed by atoms with Gasteiger partial charge in [0.1, 0.15) is 12.1 Å². The van der Waals surface area contributed by atoms with Crippen molar-refractivity contribution in [2.45, 2.75) is 69.8 Å². The number of thiol groups is 1. The first-order valence-corrected chi connectivity index (χ1v) is 14.1. The third kappa shape index (κ3) is 6.38. The fraction of sp³-hybridized carbons (Fsp3) is 0.433. The Balaban J connectivity index is 1.37. The molecule has 212 valence electrons. The highest BCUT2D eigenvalue weighted by Crippen LogP contribution is 2.25. The molecule has 0 aliphatic carbocycles. The number of nitrogens with zero attached hydrogens (tertiary/aromatic N) is 2. The minimum Gasteiger partial charge on any atom is -0.480 e. The second-order valence-corrected chi connectivity index (χ2v) is 11.4. The van der Waals surface area contributed by atoms with Gasteiger partial charge in [-0.2, -0.15) is 12.6 Å². The molecule has 10 heteroatoms. The molecule has 0 spiro atoms. The third-order valence-electron chi connectivity index (χ3n) is 7.43. The van der Waals surface area contributed by atoms with E-state index in [2.05, 4.69) is 17.9 Å². The number of carbonyl (C=O) groups is 5. The zero-order valence-electron chi connectivity index (χ0n) is 22.7. The standard InChI is InChI=1S/C30H35N3O6S/c1-18(2)15-24(30(38)39)33-17-20-10-4-3-9-19(20)16-23(29(33)37)31-26(34)25(40)13-7-8-14-32-27(35)21-11-5-6-12-22(21)28(32)36/h3-6,9-12,18,23-25,40H,7-8,13-17H2,1-2H3,(H,31,34)(H,38,39)/t23-,24-,25?/m0/s1. The molecule has 0 radical (unpaired) electrons. The van der Waals surface area contributed by atoms with Crippen molar-refractivity contribution in [2.75, 3.05) is 6.54 Å². The number of fused-ring (bicyclic) bond motifs is 2. The Kier molecular flexibility index (Phi) is 9.29. The zero-order chi connectivity index (χ0) is 29.0. The molecule has 4 amide bonds. The number of imide groups is 1. The van der Waals surface area contributed by atoms with Crippen LogP contribution in [0.4, 0.5) is 0 Å². The minimum absolute atomic E-state index is 0.0579. The first kappa shape index (κ1) is 29.3. The van der Waals surface area contributed by atoms with E-state index in [4.69, 9.17) is 0 Å². The van der Waals surface area contributed by atoms with E-state index in [1.807, 2.05) is 38.1 Å². The van der Waals surface area contributed by atoms with Gasteiger partial charge in [0.25, 0.3) is 11.8 Å². The summed E-state index contributed by atoms with van der Waals surface area (Å²) in [6.45, 7) is 4.22. The van der Waals surface area contributed by atoms with E-state index >= 15 is 0 Å². The predicted molar refractivity (Wildman–Crippen MR) is 152 cm³/mol. The molecule has 0 fully saturated rings. The summed E-state index contributed by atoms with van der Waals surface area (Å²) in [6.07, 6.45) is 1.98. The number of rotatable bonds is 11. The molecule has 2 aromatic carbocycles. The van der Waals surface area contributed by atoms with E-state index < -0.39 is 35.1 Å². The maximum Gasteiger partial charge on any atom is 0.326 e. The molecular weight excluding hydrogens is 530 g/mol. The topological polar surface area (TPSA) is 124 Å². The van der Waals surface area contributed by atoms with Gasteiger partial charge in [-0.15, -0.1) is 0 Å². The third-order valence-corrected chi connectivity index (χ3v) is 7.92. The summed E-state index contributed by atoms with van der Waals surface area (Å²) in [5.74, 6) is -2.48. The van der Waals surface area contributed by atoms with Crippen LogP contribution in [0.25, 0.3) is 0 Å². The highest BCUT2D eigenvalue weighted by Gasteiger charge is 2.38. The molecule has 9 nitrogen and oxygen atoms in total. The van der Waals surface area contributed by atoms with Crippen LogP contribution >= 0.6 is 12.6 Å². The Hall–Kier alpha value is -3.66. The maximum absolute atomic E-state index is 13.6. The Morgan fingerprint density at radius 2 is 1.57 bits per heavy atom. The number of nitrogens with one attached hydrogen (secondary N) is 1. The van der Waals surface area contributed by atoms with Crippen LogP contribution in [0.15, 0.2) is 48.5 Å². The normalized spacial score (nSPS) is 18.3. The van der Waals surface area contributed by atoms with Gasteiger partial charge >= 0.3 is 5.97 Å². The molecule has 4 rings (SSSR count). The first-order valence-electron chi connectivity index (χ1n) is 13.6.